The molecule has 0 unspecified atom stereocenters. The summed E-state index contributed by atoms with van der Waals surface area (Å²) in [4.78, 5) is 10.1. The van der Waals surface area contributed by atoms with Crippen molar-refractivity contribution in [2.24, 2.45) is 0 Å². The van der Waals surface area contributed by atoms with E-state index in [0.29, 0.717) is 5.69 Å². The monoisotopic (exact) mass is 238 g/mol. The lowest BCUT2D eigenvalue weighted by Crippen LogP contribution is -2.21. The van der Waals surface area contributed by atoms with Crippen LogP contribution in [0.2, 0.25) is 0 Å². The van der Waals surface area contributed by atoms with Gasteiger partial charge in [0, 0.05) is 32.2 Å². The van der Waals surface area contributed by atoms with Gasteiger partial charge in [0.2, 0.25) is 0 Å². The van der Waals surface area contributed by atoms with Gasteiger partial charge in [0.15, 0.2) is 5.69 Å². The number of hydrogen-bond donors (Lipinski definition) is 0. The van der Waals surface area contributed by atoms with Gasteiger partial charge in [0.25, 0.3) is 0 Å². The van der Waals surface area contributed by atoms with Crippen LogP contribution in [0.25, 0.3) is 0 Å². The Hall–Kier alpha value is -2.41. The van der Waals surface area contributed by atoms with Gasteiger partial charge in [-0.15, -0.1) is 0 Å². The fraction of sp³-hybridized carbons (Fsp3) is 0.214. The largest absolute Gasteiger partial charge is 0.372 e. The topological polar surface area (TPSA) is 52.8 Å². The maximum absolute atomic E-state index is 9.01. The molecule has 90 valence electrons. The van der Waals surface area contributed by atoms with Gasteiger partial charge in [-0.05, 0) is 36.2 Å². The first-order valence-corrected chi connectivity index (χ1v) is 5.76. The van der Waals surface area contributed by atoms with Crippen LogP contribution in [0.4, 0.5) is 5.69 Å². The zero-order chi connectivity index (χ0) is 12.8. The van der Waals surface area contributed by atoms with Crippen LogP contribution in [-0.2, 0) is 6.42 Å². The molecule has 0 aliphatic rings. The predicted octanol–water partition coefficient (Wildman–Crippen LogP) is 2.03. The van der Waals surface area contributed by atoms with E-state index in [0.717, 1.165) is 18.7 Å². The third-order valence-corrected chi connectivity index (χ3v) is 2.79. The highest BCUT2D eigenvalue weighted by Gasteiger charge is 2.07. The summed E-state index contributed by atoms with van der Waals surface area (Å²) in [6.45, 7) is 0.838. The van der Waals surface area contributed by atoms with E-state index in [1.54, 1.807) is 18.6 Å². The summed E-state index contributed by atoms with van der Waals surface area (Å²) in [5.41, 5.74) is 2.57. The summed E-state index contributed by atoms with van der Waals surface area (Å²) in [6.07, 6.45) is 6.14. The molecule has 0 radical (unpaired) electrons. The number of pyridine rings is 2. The average molecular weight is 238 g/mol. The molecule has 2 aromatic heterocycles. The van der Waals surface area contributed by atoms with Crippen molar-refractivity contribution in [1.82, 2.24) is 9.97 Å². The van der Waals surface area contributed by atoms with Crippen molar-refractivity contribution in [2.45, 2.75) is 6.42 Å². The highest BCUT2D eigenvalue weighted by atomic mass is 15.1. The van der Waals surface area contributed by atoms with Gasteiger partial charge in [0.05, 0.1) is 5.69 Å². The Morgan fingerprint density at radius 1 is 1.22 bits per heavy atom. The van der Waals surface area contributed by atoms with Crippen LogP contribution in [0.15, 0.2) is 42.9 Å². The minimum atomic E-state index is 0.467. The smallest absolute Gasteiger partial charge is 0.163 e. The molecule has 4 heteroatoms. The summed E-state index contributed by atoms with van der Waals surface area (Å²) >= 11 is 0. The Labute approximate surface area is 107 Å². The van der Waals surface area contributed by atoms with Crippen LogP contribution in [-0.4, -0.2) is 23.6 Å². The Balaban J connectivity index is 2.04. The molecular weight excluding hydrogens is 224 g/mol. The Morgan fingerprint density at radius 3 is 2.72 bits per heavy atom. The van der Waals surface area contributed by atoms with Crippen molar-refractivity contribution >= 4 is 5.69 Å². The minimum absolute atomic E-state index is 0.467. The third-order valence-electron chi connectivity index (χ3n) is 2.79. The van der Waals surface area contributed by atoms with Crippen molar-refractivity contribution in [2.75, 3.05) is 18.5 Å². The Kier molecular flexibility index (Phi) is 3.87. The van der Waals surface area contributed by atoms with Crippen LogP contribution in [0.1, 0.15) is 11.3 Å². The molecule has 0 aliphatic carbocycles. The van der Waals surface area contributed by atoms with Crippen LogP contribution < -0.4 is 4.90 Å². The van der Waals surface area contributed by atoms with Gasteiger partial charge in [-0.2, -0.15) is 5.26 Å². The fourth-order valence-electron chi connectivity index (χ4n) is 1.76. The lowest BCUT2D eigenvalue weighted by Gasteiger charge is -2.19. The first kappa shape index (κ1) is 12.1. The quantitative estimate of drug-likeness (QED) is 0.817. The van der Waals surface area contributed by atoms with E-state index in [1.165, 1.54) is 5.56 Å². The summed E-state index contributed by atoms with van der Waals surface area (Å²) in [7, 11) is 1.97. The van der Waals surface area contributed by atoms with E-state index in [1.807, 2.05) is 36.2 Å². The summed E-state index contributed by atoms with van der Waals surface area (Å²) < 4.78 is 0. The van der Waals surface area contributed by atoms with Crippen molar-refractivity contribution in [3.8, 4) is 6.07 Å². The van der Waals surface area contributed by atoms with Crippen molar-refractivity contribution in [3.05, 3.63) is 54.1 Å². The molecule has 0 atom stereocenters. The zero-order valence-electron chi connectivity index (χ0n) is 10.2. The zero-order valence-corrected chi connectivity index (χ0v) is 10.2. The van der Waals surface area contributed by atoms with Gasteiger partial charge in [-0.1, -0.05) is 0 Å². The molecule has 0 aromatic carbocycles. The van der Waals surface area contributed by atoms with Gasteiger partial charge in [-0.3, -0.25) is 4.98 Å². The van der Waals surface area contributed by atoms with Gasteiger partial charge in [0.1, 0.15) is 6.07 Å². The van der Waals surface area contributed by atoms with E-state index < -0.39 is 0 Å². The number of nitrogens with zero attached hydrogens (tertiary/aromatic N) is 4. The number of hydrogen-bond acceptors (Lipinski definition) is 4. The van der Waals surface area contributed by atoms with Crippen LogP contribution in [0, 0.1) is 11.3 Å². The van der Waals surface area contributed by atoms with Crippen molar-refractivity contribution < 1.29 is 0 Å². The van der Waals surface area contributed by atoms with E-state index >= 15 is 0 Å². The van der Waals surface area contributed by atoms with E-state index in [9.17, 15) is 0 Å². The second kappa shape index (κ2) is 5.78. The summed E-state index contributed by atoms with van der Waals surface area (Å²) in [5, 5.41) is 9.01. The second-order valence-corrected chi connectivity index (χ2v) is 4.01. The normalized spacial score (nSPS) is 9.78. The highest BCUT2D eigenvalue weighted by Crippen LogP contribution is 2.16. The molecule has 0 aliphatic heterocycles. The van der Waals surface area contributed by atoms with Gasteiger partial charge < -0.3 is 4.90 Å². The molecule has 0 fully saturated rings. The van der Waals surface area contributed by atoms with E-state index in [2.05, 4.69) is 16.0 Å². The van der Waals surface area contributed by atoms with Gasteiger partial charge >= 0.3 is 0 Å². The Morgan fingerprint density at radius 2 is 2.00 bits per heavy atom. The SMILES string of the molecule is CN(CCc1ccncc1)c1cccnc1C#N. The molecule has 0 amide bonds. The highest BCUT2D eigenvalue weighted by molar-refractivity contribution is 5.55. The summed E-state index contributed by atoms with van der Waals surface area (Å²) in [5.74, 6) is 0. The number of rotatable bonds is 4. The third kappa shape index (κ3) is 2.83. The minimum Gasteiger partial charge on any atom is -0.372 e. The van der Waals surface area contributed by atoms with E-state index in [4.69, 9.17) is 5.26 Å². The number of nitriles is 1. The number of likely N-dealkylation sites (N-methyl/N-ethyl adjacent to an activating group) is 1. The maximum Gasteiger partial charge on any atom is 0.163 e. The molecule has 0 saturated heterocycles. The molecule has 2 rings (SSSR count). The molecule has 2 heterocycles. The molecule has 4 nitrogen and oxygen atoms in total. The van der Waals surface area contributed by atoms with E-state index in [-0.39, 0.29) is 0 Å². The average Bonchev–Trinajstić information content (AvgIpc) is 2.45. The molecule has 0 bridgehead atoms. The van der Waals surface area contributed by atoms with Crippen LogP contribution in [0.5, 0.6) is 0 Å². The van der Waals surface area contributed by atoms with Crippen molar-refractivity contribution in [1.29, 1.82) is 5.26 Å². The maximum atomic E-state index is 9.01. The lowest BCUT2D eigenvalue weighted by atomic mass is 10.2. The molecule has 0 N–H and O–H groups in total. The fourth-order valence-corrected chi connectivity index (χ4v) is 1.76. The van der Waals surface area contributed by atoms with Crippen molar-refractivity contribution in [3.63, 3.8) is 0 Å². The first-order valence-electron chi connectivity index (χ1n) is 5.76. The first-order chi connectivity index (χ1) is 8.81. The van der Waals surface area contributed by atoms with Gasteiger partial charge in [-0.25, -0.2) is 4.98 Å². The second-order valence-electron chi connectivity index (χ2n) is 4.01. The molecule has 2 aromatic rings. The number of anilines is 1. The number of aromatic nitrogens is 2. The Bertz CT molecular complexity index is 545. The lowest BCUT2D eigenvalue weighted by molar-refractivity contribution is 0.869. The molecular formula is C14H14N4. The molecule has 0 spiro atoms. The van der Waals surface area contributed by atoms with Crippen LogP contribution >= 0.6 is 0 Å². The standard InChI is InChI=1S/C14H14N4/c1-18(10-6-12-4-8-16-9-5-12)14-3-2-7-17-13(14)11-15/h2-5,7-9H,6,10H2,1H3. The van der Waals surface area contributed by atoms with Crippen LogP contribution in [0.3, 0.4) is 0 Å². The molecule has 18 heavy (non-hydrogen) atoms. The molecule has 0 saturated carbocycles. The predicted molar refractivity (Wildman–Crippen MR) is 70.2 cm³/mol. The summed E-state index contributed by atoms with van der Waals surface area (Å²) in [6, 6.07) is 9.88.